The first-order valence-corrected chi connectivity index (χ1v) is 10.2. The maximum Gasteiger partial charge on any atom is 0.339 e. The maximum absolute atomic E-state index is 13.1. The first kappa shape index (κ1) is 21.7. The number of hydrogen-bond donors (Lipinski definition) is 0. The summed E-state index contributed by atoms with van der Waals surface area (Å²) in [5, 5.41) is 0. The molecule has 2 aliphatic rings. The van der Waals surface area contributed by atoms with E-state index in [4.69, 9.17) is 0 Å². The van der Waals surface area contributed by atoms with Crippen molar-refractivity contribution in [3.05, 3.63) is 29.6 Å². The highest BCUT2D eigenvalue weighted by atomic mass is 16.5. The number of methoxy groups -OCH3 is 1. The zero-order valence-corrected chi connectivity index (χ0v) is 17.9. The number of piperidine rings is 1. The van der Waals surface area contributed by atoms with E-state index in [-0.39, 0.29) is 34.9 Å². The highest BCUT2D eigenvalue weighted by Crippen LogP contribution is 2.38. The number of likely N-dealkylation sites (N-methyl/N-ethyl adjacent to an activating group) is 1. The monoisotopic (exact) mass is 416 g/mol. The second-order valence-corrected chi connectivity index (χ2v) is 8.11. The number of urea groups is 1. The molecule has 0 aliphatic carbocycles. The van der Waals surface area contributed by atoms with Gasteiger partial charge in [-0.2, -0.15) is 0 Å². The second kappa shape index (κ2) is 8.41. The average Bonchev–Trinajstić information content (AvgIpc) is 2.93. The highest BCUT2D eigenvalue weighted by Gasteiger charge is 2.57. The van der Waals surface area contributed by atoms with Crippen molar-refractivity contribution in [1.29, 1.82) is 0 Å². The van der Waals surface area contributed by atoms with Crippen LogP contribution in [0.5, 0.6) is 0 Å². The van der Waals surface area contributed by atoms with Gasteiger partial charge in [0, 0.05) is 38.6 Å². The molecule has 0 radical (unpaired) electrons. The van der Waals surface area contributed by atoms with Gasteiger partial charge < -0.3 is 14.5 Å². The van der Waals surface area contributed by atoms with Gasteiger partial charge in [-0.3, -0.25) is 19.5 Å². The fourth-order valence-corrected chi connectivity index (χ4v) is 4.21. The van der Waals surface area contributed by atoms with E-state index in [1.54, 1.807) is 16.7 Å². The van der Waals surface area contributed by atoms with Crippen LogP contribution in [0.2, 0.25) is 0 Å². The van der Waals surface area contributed by atoms with Crippen molar-refractivity contribution in [2.45, 2.75) is 39.2 Å². The lowest BCUT2D eigenvalue weighted by Crippen LogP contribution is -2.58. The lowest BCUT2D eigenvalue weighted by atomic mass is 9.85. The van der Waals surface area contributed by atoms with Crippen LogP contribution in [0.4, 0.5) is 4.79 Å². The molecule has 1 aromatic heterocycles. The molecule has 2 saturated heterocycles. The number of amides is 4. The number of esters is 1. The third-order valence-electron chi connectivity index (χ3n) is 5.77. The lowest BCUT2D eigenvalue weighted by Gasteiger charge is -2.42. The van der Waals surface area contributed by atoms with Gasteiger partial charge in [-0.25, -0.2) is 9.59 Å². The Labute approximate surface area is 176 Å². The van der Waals surface area contributed by atoms with Crippen molar-refractivity contribution < 1.29 is 23.9 Å². The number of imide groups is 1. The molecule has 0 N–H and O–H groups in total. The van der Waals surface area contributed by atoms with Gasteiger partial charge in [0.15, 0.2) is 0 Å². The number of hydrogen-bond acceptors (Lipinski definition) is 6. The number of ether oxygens (including phenoxy) is 1. The molecule has 2 aliphatic heterocycles. The maximum atomic E-state index is 13.1. The zero-order chi connectivity index (χ0) is 22.1. The normalized spacial score (nSPS) is 18.5. The Balaban J connectivity index is 1.79. The van der Waals surface area contributed by atoms with Gasteiger partial charge in [-0.1, -0.05) is 13.8 Å². The topological polar surface area (TPSA) is 100 Å². The van der Waals surface area contributed by atoms with Crippen LogP contribution in [0, 0.1) is 5.92 Å². The molecular weight excluding hydrogens is 388 g/mol. The van der Waals surface area contributed by atoms with Crippen molar-refractivity contribution >= 4 is 23.8 Å². The van der Waals surface area contributed by atoms with Crippen LogP contribution in [0.1, 0.15) is 54.3 Å². The van der Waals surface area contributed by atoms with Crippen LogP contribution in [0.15, 0.2) is 18.5 Å². The van der Waals surface area contributed by atoms with Crippen LogP contribution in [-0.4, -0.2) is 82.3 Å². The Morgan fingerprint density at radius 1 is 1.17 bits per heavy atom. The Morgan fingerprint density at radius 2 is 1.80 bits per heavy atom. The van der Waals surface area contributed by atoms with E-state index in [0.29, 0.717) is 39.0 Å². The molecule has 3 rings (SSSR count). The third-order valence-corrected chi connectivity index (χ3v) is 5.77. The minimum atomic E-state index is -0.889. The van der Waals surface area contributed by atoms with E-state index in [2.05, 4.69) is 9.72 Å². The predicted octanol–water partition coefficient (Wildman–Crippen LogP) is 1.78. The summed E-state index contributed by atoms with van der Waals surface area (Å²) in [7, 11) is 1.27. The van der Waals surface area contributed by atoms with Crippen molar-refractivity contribution in [2.75, 3.05) is 33.3 Å². The summed E-state index contributed by atoms with van der Waals surface area (Å²) in [4.78, 5) is 59.2. The summed E-state index contributed by atoms with van der Waals surface area (Å²) >= 11 is 0. The van der Waals surface area contributed by atoms with Crippen LogP contribution in [-0.2, 0) is 9.53 Å². The summed E-state index contributed by atoms with van der Waals surface area (Å²) < 4.78 is 4.68. The van der Waals surface area contributed by atoms with E-state index in [9.17, 15) is 19.2 Å². The number of carbonyl (C=O) groups excluding carboxylic acids is 4. The summed E-state index contributed by atoms with van der Waals surface area (Å²) in [5.74, 6) is -0.768. The summed E-state index contributed by atoms with van der Waals surface area (Å²) in [6, 6.07) is 1.21. The van der Waals surface area contributed by atoms with Crippen molar-refractivity contribution in [3.8, 4) is 0 Å². The summed E-state index contributed by atoms with van der Waals surface area (Å²) in [6.45, 7) is 7.34. The van der Waals surface area contributed by atoms with Gasteiger partial charge in [0.2, 0.25) is 0 Å². The molecule has 0 aromatic carbocycles. The van der Waals surface area contributed by atoms with Gasteiger partial charge >= 0.3 is 12.0 Å². The largest absolute Gasteiger partial charge is 0.465 e. The molecule has 4 amide bonds. The van der Waals surface area contributed by atoms with E-state index in [1.165, 1.54) is 30.5 Å². The van der Waals surface area contributed by atoms with Gasteiger partial charge in [0.25, 0.3) is 11.8 Å². The van der Waals surface area contributed by atoms with Crippen LogP contribution in [0.3, 0.4) is 0 Å². The highest BCUT2D eigenvalue weighted by molar-refractivity contribution is 6.07. The Morgan fingerprint density at radius 3 is 2.37 bits per heavy atom. The third kappa shape index (κ3) is 3.64. The van der Waals surface area contributed by atoms with Crippen LogP contribution >= 0.6 is 0 Å². The SMILES string of the molecule is CCN1C(=O)N(CC(C)C)C2(CCN(C(=O)c3cncc(C(=O)OC)c3)CC2)C1=O. The molecule has 1 spiro atoms. The predicted molar refractivity (Wildman–Crippen MR) is 108 cm³/mol. The van der Waals surface area contributed by atoms with Gasteiger partial charge in [-0.15, -0.1) is 0 Å². The summed E-state index contributed by atoms with van der Waals surface area (Å²) in [6.07, 6.45) is 3.53. The lowest BCUT2D eigenvalue weighted by molar-refractivity contribution is -0.135. The Bertz CT molecular complexity index is 861. The minimum Gasteiger partial charge on any atom is -0.465 e. The number of nitrogens with zero attached hydrogens (tertiary/aromatic N) is 4. The van der Waals surface area contributed by atoms with E-state index >= 15 is 0 Å². The Kier molecular flexibility index (Phi) is 6.09. The zero-order valence-electron chi connectivity index (χ0n) is 17.9. The number of carbonyl (C=O) groups is 4. The van der Waals surface area contributed by atoms with Crippen molar-refractivity contribution in [2.24, 2.45) is 5.92 Å². The molecule has 0 atom stereocenters. The Hall–Kier alpha value is -2.97. The molecule has 162 valence electrons. The first-order chi connectivity index (χ1) is 14.2. The standard InChI is InChI=1S/C21H28N4O5/c1-5-24-19(28)21(25(20(24)29)13-14(2)3)6-8-23(9-7-21)17(26)15-10-16(12-22-11-15)18(27)30-4/h10-12,14H,5-9,13H2,1-4H3. The number of pyridine rings is 1. The fourth-order valence-electron chi connectivity index (χ4n) is 4.21. The van der Waals surface area contributed by atoms with Gasteiger partial charge in [-0.05, 0) is 31.7 Å². The van der Waals surface area contributed by atoms with E-state index < -0.39 is 11.5 Å². The molecule has 0 bridgehead atoms. The molecule has 1 aromatic rings. The average molecular weight is 416 g/mol. The molecule has 30 heavy (non-hydrogen) atoms. The summed E-state index contributed by atoms with van der Waals surface area (Å²) in [5.41, 5.74) is -0.396. The second-order valence-electron chi connectivity index (χ2n) is 8.11. The number of likely N-dealkylation sites (tertiary alicyclic amines) is 1. The van der Waals surface area contributed by atoms with Gasteiger partial charge in [0.05, 0.1) is 18.2 Å². The molecular formula is C21H28N4O5. The van der Waals surface area contributed by atoms with Crippen molar-refractivity contribution in [3.63, 3.8) is 0 Å². The number of aromatic nitrogens is 1. The molecule has 9 heteroatoms. The minimum absolute atomic E-state index is 0.169. The fraction of sp³-hybridized carbons (Fsp3) is 0.571. The van der Waals surface area contributed by atoms with Crippen LogP contribution < -0.4 is 0 Å². The molecule has 2 fully saturated rings. The quantitative estimate of drug-likeness (QED) is 0.536. The van der Waals surface area contributed by atoms with E-state index in [1.807, 2.05) is 13.8 Å². The molecule has 9 nitrogen and oxygen atoms in total. The van der Waals surface area contributed by atoms with Crippen molar-refractivity contribution in [1.82, 2.24) is 19.7 Å². The first-order valence-electron chi connectivity index (χ1n) is 10.2. The van der Waals surface area contributed by atoms with Gasteiger partial charge in [0.1, 0.15) is 5.54 Å². The smallest absolute Gasteiger partial charge is 0.339 e. The molecule has 0 unspecified atom stereocenters. The van der Waals surface area contributed by atoms with Crippen LogP contribution in [0.25, 0.3) is 0 Å². The molecule has 3 heterocycles. The number of rotatable bonds is 5. The van der Waals surface area contributed by atoms with E-state index in [0.717, 1.165) is 0 Å². The molecule has 0 saturated carbocycles.